The summed E-state index contributed by atoms with van der Waals surface area (Å²) in [6.07, 6.45) is 1.98. The van der Waals surface area contributed by atoms with Crippen LogP contribution in [0.1, 0.15) is 42.5 Å². The first kappa shape index (κ1) is 28.2. The minimum atomic E-state index is -0.601. The number of nitriles is 1. The van der Waals surface area contributed by atoms with Crippen LogP contribution in [-0.4, -0.2) is 75.0 Å². The monoisotopic (exact) mass is 545 g/mol. The standard InChI is InChI=1S/C27H31N9O4/c1-27(2,3)40-26(38)36-9-10-39-20(17-36)15-30-21-11-22(33-23-16-29-19(12-28)14-31-23)34-35-24(21)25(37)32-13-18-7-5-4-6-8-18/h4-8,11,14,16,20H,9-10,13,15,17H2,1-3H3,(H,32,37)(H2,30,31,33,34). The van der Waals surface area contributed by atoms with E-state index in [-0.39, 0.29) is 17.5 Å². The second kappa shape index (κ2) is 12.8. The molecule has 0 saturated carbocycles. The molecular weight excluding hydrogens is 514 g/mol. The Kier molecular flexibility index (Phi) is 9.03. The SMILES string of the molecule is CC(C)(C)OC(=O)N1CCOC(CNc2cc(Nc3cnc(C#N)cn3)nnc2C(=O)NCc2ccccc2)C1. The van der Waals surface area contributed by atoms with Crippen molar-refractivity contribution < 1.29 is 19.1 Å². The summed E-state index contributed by atoms with van der Waals surface area (Å²) in [6, 6.07) is 13.0. The van der Waals surface area contributed by atoms with Crippen LogP contribution in [0.3, 0.4) is 0 Å². The first-order valence-corrected chi connectivity index (χ1v) is 12.7. The molecule has 0 bridgehead atoms. The van der Waals surface area contributed by atoms with E-state index in [1.807, 2.05) is 57.2 Å². The van der Waals surface area contributed by atoms with E-state index < -0.39 is 17.6 Å². The largest absolute Gasteiger partial charge is 0.444 e. The van der Waals surface area contributed by atoms with E-state index in [1.165, 1.54) is 12.4 Å². The van der Waals surface area contributed by atoms with Crippen LogP contribution < -0.4 is 16.0 Å². The quantitative estimate of drug-likeness (QED) is 0.381. The van der Waals surface area contributed by atoms with Crippen molar-refractivity contribution in [2.24, 2.45) is 0 Å². The Balaban J connectivity index is 1.48. The molecule has 1 aromatic carbocycles. The van der Waals surface area contributed by atoms with Crippen LogP contribution in [0.5, 0.6) is 0 Å². The van der Waals surface area contributed by atoms with Crippen molar-refractivity contribution in [3.63, 3.8) is 0 Å². The number of anilines is 3. The molecule has 13 nitrogen and oxygen atoms in total. The van der Waals surface area contributed by atoms with E-state index in [4.69, 9.17) is 14.7 Å². The van der Waals surface area contributed by atoms with E-state index >= 15 is 0 Å². The van der Waals surface area contributed by atoms with Gasteiger partial charge in [-0.1, -0.05) is 30.3 Å². The van der Waals surface area contributed by atoms with Crippen molar-refractivity contribution in [1.29, 1.82) is 5.26 Å². The zero-order chi connectivity index (χ0) is 28.5. The molecule has 40 heavy (non-hydrogen) atoms. The summed E-state index contributed by atoms with van der Waals surface area (Å²) in [7, 11) is 0. The molecule has 0 radical (unpaired) electrons. The number of nitrogens with one attached hydrogen (secondary N) is 3. The topological polar surface area (TPSA) is 167 Å². The fourth-order valence-electron chi connectivity index (χ4n) is 3.76. The van der Waals surface area contributed by atoms with Gasteiger partial charge in [0.1, 0.15) is 17.5 Å². The van der Waals surface area contributed by atoms with Crippen molar-refractivity contribution in [3.05, 3.63) is 65.7 Å². The molecule has 1 aliphatic rings. The summed E-state index contributed by atoms with van der Waals surface area (Å²) in [4.78, 5) is 35.3. The van der Waals surface area contributed by atoms with Crippen molar-refractivity contribution in [2.45, 2.75) is 39.0 Å². The molecule has 3 aromatic rings. The Hall–Kier alpha value is -4.83. The lowest BCUT2D eigenvalue weighted by Crippen LogP contribution is -2.49. The maximum atomic E-state index is 13.1. The average Bonchev–Trinajstić information content (AvgIpc) is 2.95. The molecule has 2 amide bonds. The predicted molar refractivity (Wildman–Crippen MR) is 146 cm³/mol. The molecule has 1 unspecified atom stereocenters. The van der Waals surface area contributed by atoms with Gasteiger partial charge < -0.3 is 30.3 Å². The average molecular weight is 546 g/mol. The van der Waals surface area contributed by atoms with Crippen molar-refractivity contribution in [2.75, 3.05) is 36.9 Å². The number of hydrogen-bond donors (Lipinski definition) is 3. The van der Waals surface area contributed by atoms with E-state index in [2.05, 4.69) is 36.1 Å². The highest BCUT2D eigenvalue weighted by molar-refractivity contribution is 5.97. The summed E-state index contributed by atoms with van der Waals surface area (Å²) in [6.45, 7) is 7.17. The number of nitrogens with zero attached hydrogens (tertiary/aromatic N) is 6. The van der Waals surface area contributed by atoms with Gasteiger partial charge in [0.25, 0.3) is 5.91 Å². The zero-order valence-electron chi connectivity index (χ0n) is 22.5. The van der Waals surface area contributed by atoms with Crippen LogP contribution in [-0.2, 0) is 16.0 Å². The number of hydrogen-bond acceptors (Lipinski definition) is 11. The van der Waals surface area contributed by atoms with Crippen LogP contribution >= 0.6 is 0 Å². The summed E-state index contributed by atoms with van der Waals surface area (Å²) >= 11 is 0. The Morgan fingerprint density at radius 2 is 1.95 bits per heavy atom. The Bertz CT molecular complexity index is 1360. The van der Waals surface area contributed by atoms with Gasteiger partial charge in [0.2, 0.25) is 0 Å². The van der Waals surface area contributed by atoms with Crippen LogP contribution in [0.2, 0.25) is 0 Å². The van der Waals surface area contributed by atoms with Crippen molar-refractivity contribution in [3.8, 4) is 6.07 Å². The second-order valence-corrected chi connectivity index (χ2v) is 9.98. The molecule has 0 spiro atoms. The molecule has 2 aromatic heterocycles. The highest BCUT2D eigenvalue weighted by Crippen LogP contribution is 2.20. The number of rotatable bonds is 8. The van der Waals surface area contributed by atoms with Gasteiger partial charge in [0.05, 0.1) is 37.3 Å². The molecule has 208 valence electrons. The van der Waals surface area contributed by atoms with Crippen molar-refractivity contribution in [1.82, 2.24) is 30.4 Å². The number of ether oxygens (including phenoxy) is 2. The molecule has 0 aliphatic carbocycles. The smallest absolute Gasteiger partial charge is 0.410 e. The van der Waals surface area contributed by atoms with Gasteiger partial charge in [0.15, 0.2) is 17.2 Å². The second-order valence-electron chi connectivity index (χ2n) is 9.98. The maximum absolute atomic E-state index is 13.1. The first-order valence-electron chi connectivity index (χ1n) is 12.7. The number of amides is 2. The molecule has 3 N–H and O–H groups in total. The van der Waals surface area contributed by atoms with Crippen LogP contribution in [0.15, 0.2) is 48.8 Å². The van der Waals surface area contributed by atoms with E-state index in [1.54, 1.807) is 11.0 Å². The van der Waals surface area contributed by atoms with Crippen LogP contribution in [0.4, 0.5) is 22.1 Å². The number of carbonyl (C=O) groups is 2. The number of morpholine rings is 1. The highest BCUT2D eigenvalue weighted by Gasteiger charge is 2.28. The molecular formula is C27H31N9O4. The summed E-state index contributed by atoms with van der Waals surface area (Å²) < 4.78 is 11.3. The first-order chi connectivity index (χ1) is 19.2. The molecule has 1 aliphatic heterocycles. The minimum Gasteiger partial charge on any atom is -0.444 e. The van der Waals surface area contributed by atoms with Crippen LogP contribution in [0.25, 0.3) is 0 Å². The van der Waals surface area contributed by atoms with Gasteiger partial charge in [-0.2, -0.15) is 5.26 Å². The van der Waals surface area contributed by atoms with Gasteiger partial charge in [0, 0.05) is 25.7 Å². The van der Waals surface area contributed by atoms with E-state index in [0.29, 0.717) is 50.1 Å². The van der Waals surface area contributed by atoms with E-state index in [0.717, 1.165) is 5.56 Å². The van der Waals surface area contributed by atoms with Gasteiger partial charge in [-0.3, -0.25) is 4.79 Å². The number of aromatic nitrogens is 4. The molecule has 13 heteroatoms. The Morgan fingerprint density at radius 3 is 2.65 bits per heavy atom. The third-order valence-electron chi connectivity index (χ3n) is 5.64. The predicted octanol–water partition coefficient (Wildman–Crippen LogP) is 2.86. The molecule has 1 saturated heterocycles. The summed E-state index contributed by atoms with van der Waals surface area (Å²) in [5.41, 5.74) is 1.01. The van der Waals surface area contributed by atoms with Gasteiger partial charge >= 0.3 is 6.09 Å². The fourth-order valence-corrected chi connectivity index (χ4v) is 3.76. The van der Waals surface area contributed by atoms with Gasteiger partial charge in [-0.25, -0.2) is 14.8 Å². The minimum absolute atomic E-state index is 0.0900. The third kappa shape index (κ3) is 8.08. The number of benzene rings is 1. The van der Waals surface area contributed by atoms with Crippen molar-refractivity contribution >= 4 is 29.3 Å². The Labute approximate surface area is 231 Å². The van der Waals surface area contributed by atoms with Gasteiger partial charge in [-0.05, 0) is 26.3 Å². The lowest BCUT2D eigenvalue weighted by molar-refractivity contribution is -0.0371. The lowest BCUT2D eigenvalue weighted by atomic mass is 10.2. The van der Waals surface area contributed by atoms with Crippen LogP contribution in [0, 0.1) is 11.3 Å². The number of carbonyl (C=O) groups excluding carboxylic acids is 2. The maximum Gasteiger partial charge on any atom is 0.410 e. The zero-order valence-corrected chi connectivity index (χ0v) is 22.5. The normalized spacial score (nSPS) is 15.1. The summed E-state index contributed by atoms with van der Waals surface area (Å²) in [5, 5.41) is 26.3. The fraction of sp³-hybridized carbons (Fsp3) is 0.370. The van der Waals surface area contributed by atoms with Gasteiger partial charge in [-0.15, -0.1) is 10.2 Å². The highest BCUT2D eigenvalue weighted by atomic mass is 16.6. The lowest BCUT2D eigenvalue weighted by Gasteiger charge is -2.34. The molecule has 4 rings (SSSR count). The van der Waals surface area contributed by atoms with E-state index in [9.17, 15) is 9.59 Å². The molecule has 1 atom stereocenters. The molecule has 3 heterocycles. The summed E-state index contributed by atoms with van der Waals surface area (Å²) in [5.74, 6) is 0.244. The molecule has 1 fully saturated rings. The Morgan fingerprint density at radius 1 is 1.15 bits per heavy atom. The third-order valence-corrected chi connectivity index (χ3v) is 5.64.